The average Bonchev–Trinajstić information content (AvgIpc) is 3.03. The van der Waals surface area contributed by atoms with Crippen LogP contribution in [-0.4, -0.2) is 35.1 Å². The molecular weight excluding hydrogens is 317 g/mol. The molecule has 5 heteroatoms. The van der Waals surface area contributed by atoms with Crippen LogP contribution < -0.4 is 0 Å². The Morgan fingerprint density at radius 3 is 2.84 bits per heavy atom. The zero-order chi connectivity index (χ0) is 17.8. The molecule has 2 aliphatic rings. The SMILES string of the molecule is C=C1[C@@H]2CC[C@@]1(CC(=O)N(C)C)c1nnc(-c3ccccc3F)cc12. The third-order valence-corrected chi connectivity index (χ3v) is 5.65. The summed E-state index contributed by atoms with van der Waals surface area (Å²) in [6, 6.07) is 8.50. The molecule has 2 bridgehead atoms. The molecule has 2 aromatic rings. The first-order valence-corrected chi connectivity index (χ1v) is 8.46. The number of aromatic nitrogens is 2. The van der Waals surface area contributed by atoms with E-state index in [0.717, 1.165) is 29.7 Å². The van der Waals surface area contributed by atoms with Crippen molar-refractivity contribution in [2.75, 3.05) is 14.1 Å². The zero-order valence-corrected chi connectivity index (χ0v) is 14.4. The Morgan fingerprint density at radius 1 is 1.36 bits per heavy atom. The van der Waals surface area contributed by atoms with Crippen LogP contribution in [0.4, 0.5) is 4.39 Å². The van der Waals surface area contributed by atoms with Gasteiger partial charge in [0.2, 0.25) is 5.91 Å². The number of rotatable bonds is 3. The van der Waals surface area contributed by atoms with Gasteiger partial charge >= 0.3 is 0 Å². The van der Waals surface area contributed by atoms with Crippen LogP contribution in [0.3, 0.4) is 0 Å². The van der Waals surface area contributed by atoms with Gasteiger partial charge in [-0.25, -0.2) is 4.39 Å². The third-order valence-electron chi connectivity index (χ3n) is 5.65. The van der Waals surface area contributed by atoms with E-state index in [-0.39, 0.29) is 17.6 Å². The number of hydrogen-bond acceptors (Lipinski definition) is 3. The van der Waals surface area contributed by atoms with Gasteiger partial charge in [0.15, 0.2) is 0 Å². The van der Waals surface area contributed by atoms with E-state index in [9.17, 15) is 9.18 Å². The van der Waals surface area contributed by atoms with Gasteiger partial charge in [0, 0.05) is 37.4 Å². The largest absolute Gasteiger partial charge is 0.349 e. The molecule has 0 aliphatic heterocycles. The normalized spacial score (nSPS) is 23.6. The molecule has 1 fully saturated rings. The summed E-state index contributed by atoms with van der Waals surface area (Å²) in [5, 5.41) is 8.72. The van der Waals surface area contributed by atoms with E-state index in [1.807, 2.05) is 6.07 Å². The molecule has 1 amide bonds. The summed E-state index contributed by atoms with van der Waals surface area (Å²) in [6.07, 6.45) is 2.20. The van der Waals surface area contributed by atoms with Crippen LogP contribution in [0, 0.1) is 5.82 Å². The number of halogens is 1. The van der Waals surface area contributed by atoms with Crippen molar-refractivity contribution in [2.45, 2.75) is 30.6 Å². The van der Waals surface area contributed by atoms with Gasteiger partial charge in [0.25, 0.3) is 0 Å². The van der Waals surface area contributed by atoms with Crippen LogP contribution in [0.1, 0.15) is 36.4 Å². The highest BCUT2D eigenvalue weighted by atomic mass is 19.1. The van der Waals surface area contributed by atoms with Crippen LogP contribution in [-0.2, 0) is 10.2 Å². The Morgan fingerprint density at radius 2 is 2.12 bits per heavy atom. The molecule has 128 valence electrons. The second kappa shape index (κ2) is 5.48. The van der Waals surface area contributed by atoms with Crippen molar-refractivity contribution < 1.29 is 9.18 Å². The van der Waals surface area contributed by atoms with Gasteiger partial charge in [0.05, 0.1) is 11.4 Å². The van der Waals surface area contributed by atoms with E-state index in [1.165, 1.54) is 6.07 Å². The Labute approximate surface area is 146 Å². The zero-order valence-electron chi connectivity index (χ0n) is 14.4. The molecule has 0 spiro atoms. The van der Waals surface area contributed by atoms with E-state index < -0.39 is 5.41 Å². The molecule has 0 N–H and O–H groups in total. The molecule has 2 aliphatic carbocycles. The van der Waals surface area contributed by atoms with Crippen molar-refractivity contribution >= 4 is 5.91 Å². The highest BCUT2D eigenvalue weighted by Gasteiger charge is 2.54. The summed E-state index contributed by atoms with van der Waals surface area (Å²) in [5.74, 6) is -0.0585. The van der Waals surface area contributed by atoms with Crippen LogP contribution in [0.25, 0.3) is 11.3 Å². The molecular formula is C20H20FN3O. The van der Waals surface area contributed by atoms with Gasteiger partial charge < -0.3 is 4.90 Å². The predicted octanol–water partition coefficient (Wildman–Crippen LogP) is 3.45. The molecule has 4 nitrogen and oxygen atoms in total. The quantitative estimate of drug-likeness (QED) is 0.806. The monoisotopic (exact) mass is 337 g/mol. The number of allylic oxidation sites excluding steroid dienone is 1. The number of carbonyl (C=O) groups is 1. The second-order valence-electron chi connectivity index (χ2n) is 7.18. The second-order valence-corrected chi connectivity index (χ2v) is 7.18. The van der Waals surface area contributed by atoms with Gasteiger partial charge in [-0.1, -0.05) is 24.3 Å². The molecule has 1 aromatic carbocycles. The minimum atomic E-state index is -0.415. The third kappa shape index (κ3) is 2.22. The first-order chi connectivity index (χ1) is 11.9. The van der Waals surface area contributed by atoms with Crippen molar-refractivity contribution in [2.24, 2.45) is 0 Å². The molecule has 0 saturated heterocycles. The number of nitrogens with zero attached hydrogens (tertiary/aromatic N) is 3. The fourth-order valence-electron chi connectivity index (χ4n) is 4.22. The molecule has 1 heterocycles. The molecule has 4 rings (SSSR count). The molecule has 1 saturated carbocycles. The maximum absolute atomic E-state index is 14.1. The first-order valence-electron chi connectivity index (χ1n) is 8.46. The fraction of sp³-hybridized carbons (Fsp3) is 0.350. The Kier molecular flexibility index (Phi) is 3.49. The van der Waals surface area contributed by atoms with Gasteiger partial charge in [-0.15, -0.1) is 0 Å². The van der Waals surface area contributed by atoms with Crippen molar-refractivity contribution in [3.8, 4) is 11.3 Å². The Balaban J connectivity index is 1.79. The number of benzene rings is 1. The summed E-state index contributed by atoms with van der Waals surface area (Å²) in [7, 11) is 3.52. The number of hydrogen-bond donors (Lipinski definition) is 0. The molecule has 2 atom stereocenters. The van der Waals surface area contributed by atoms with E-state index in [1.54, 1.807) is 37.2 Å². The highest BCUT2D eigenvalue weighted by molar-refractivity contribution is 5.79. The van der Waals surface area contributed by atoms with E-state index in [0.29, 0.717) is 17.7 Å². The molecule has 25 heavy (non-hydrogen) atoms. The maximum atomic E-state index is 14.1. The summed E-state index contributed by atoms with van der Waals surface area (Å²) >= 11 is 0. The molecule has 0 unspecified atom stereocenters. The van der Waals surface area contributed by atoms with Gasteiger partial charge in [-0.05, 0) is 36.6 Å². The van der Waals surface area contributed by atoms with E-state index >= 15 is 0 Å². The van der Waals surface area contributed by atoms with E-state index in [4.69, 9.17) is 0 Å². The summed E-state index contributed by atoms with van der Waals surface area (Å²) < 4.78 is 14.1. The van der Waals surface area contributed by atoms with Crippen molar-refractivity contribution in [1.82, 2.24) is 15.1 Å². The maximum Gasteiger partial charge on any atom is 0.223 e. The lowest BCUT2D eigenvalue weighted by Gasteiger charge is -2.28. The van der Waals surface area contributed by atoms with E-state index in [2.05, 4.69) is 16.8 Å². The average molecular weight is 337 g/mol. The lowest BCUT2D eigenvalue weighted by molar-refractivity contribution is -0.129. The van der Waals surface area contributed by atoms with Crippen molar-refractivity contribution in [3.05, 3.63) is 59.6 Å². The smallest absolute Gasteiger partial charge is 0.223 e. The highest BCUT2D eigenvalue weighted by Crippen LogP contribution is 2.61. The van der Waals surface area contributed by atoms with Crippen LogP contribution >= 0.6 is 0 Å². The van der Waals surface area contributed by atoms with Crippen molar-refractivity contribution in [1.29, 1.82) is 0 Å². The fourth-order valence-corrected chi connectivity index (χ4v) is 4.22. The van der Waals surface area contributed by atoms with Gasteiger partial charge in [0.1, 0.15) is 5.82 Å². The standard InChI is InChI=1S/C20H20FN3O/c1-12-13-8-9-20(12,11-18(25)24(2)3)19-15(13)10-17(22-23-19)14-6-4-5-7-16(14)21/h4-7,10,13H,1,8-9,11H2,2-3H3/t13-,20-/m0/s1. The predicted molar refractivity (Wildman–Crippen MR) is 93.5 cm³/mol. The van der Waals surface area contributed by atoms with Gasteiger partial charge in [-0.2, -0.15) is 10.2 Å². The minimum Gasteiger partial charge on any atom is -0.349 e. The van der Waals surface area contributed by atoms with Crippen molar-refractivity contribution in [3.63, 3.8) is 0 Å². The number of carbonyl (C=O) groups excluding carboxylic acids is 1. The number of amides is 1. The summed E-state index contributed by atoms with van der Waals surface area (Å²) in [5.41, 5.74) is 3.52. The van der Waals surface area contributed by atoms with Crippen LogP contribution in [0.2, 0.25) is 0 Å². The molecule has 1 aromatic heterocycles. The Bertz CT molecular complexity index is 892. The molecule has 0 radical (unpaired) electrons. The summed E-state index contributed by atoms with van der Waals surface area (Å²) in [4.78, 5) is 14.0. The minimum absolute atomic E-state index is 0.0645. The van der Waals surface area contributed by atoms with Crippen LogP contribution in [0.5, 0.6) is 0 Å². The number of fused-ring (bicyclic) bond motifs is 5. The van der Waals surface area contributed by atoms with Crippen LogP contribution in [0.15, 0.2) is 42.5 Å². The lowest BCUT2D eigenvalue weighted by atomic mass is 9.78. The summed E-state index contributed by atoms with van der Waals surface area (Å²) in [6.45, 7) is 4.29. The van der Waals surface area contributed by atoms with Gasteiger partial charge in [-0.3, -0.25) is 4.79 Å². The lowest BCUT2D eigenvalue weighted by Crippen LogP contribution is -2.33. The topological polar surface area (TPSA) is 46.1 Å². The first kappa shape index (κ1) is 15.9. The Hall–Kier alpha value is -2.56.